The van der Waals surface area contributed by atoms with Crippen LogP contribution in [0.3, 0.4) is 0 Å². The van der Waals surface area contributed by atoms with Crippen LogP contribution in [0.25, 0.3) is 22.3 Å². The number of phenols is 3. The molecule has 0 amide bonds. The van der Waals surface area contributed by atoms with Crippen LogP contribution in [0.1, 0.15) is 6.92 Å². The standard InChI is InChI=1S/C24H24O12/c1-10(25)33-9-19-20(29)21(30)22(31)24(36-19)35-18-8-13-15(28)6-12(26)7-16(13)34-23(18)11-3-4-14(27)17(5-11)32-2/h3-8,19-22,24,29-31H,9H2,1-2H3,(H2-,26,27,28)/p+1/t19-,20+,21-,22-,24-/m1/s1. The number of ether oxygens (including phenoxy) is 4. The van der Waals surface area contributed by atoms with Gasteiger partial charge in [-0.25, -0.2) is 4.42 Å². The number of aromatic hydroxyl groups is 3. The van der Waals surface area contributed by atoms with Crippen LogP contribution in [0.4, 0.5) is 0 Å². The second kappa shape index (κ2) is 10.0. The molecule has 0 saturated carbocycles. The summed E-state index contributed by atoms with van der Waals surface area (Å²) in [4.78, 5) is 11.2. The van der Waals surface area contributed by atoms with E-state index in [0.29, 0.717) is 5.56 Å². The van der Waals surface area contributed by atoms with E-state index in [1.54, 1.807) is 0 Å². The third-order valence-corrected chi connectivity index (χ3v) is 5.62. The summed E-state index contributed by atoms with van der Waals surface area (Å²) in [5, 5.41) is 61.4. The van der Waals surface area contributed by atoms with E-state index in [1.165, 1.54) is 37.4 Å². The van der Waals surface area contributed by atoms with Gasteiger partial charge in [0.05, 0.1) is 18.7 Å². The molecule has 0 spiro atoms. The Balaban J connectivity index is 1.79. The molecule has 0 bridgehead atoms. The third-order valence-electron chi connectivity index (χ3n) is 5.62. The largest absolute Gasteiger partial charge is 0.507 e. The molecule has 1 aromatic heterocycles. The molecule has 1 fully saturated rings. The van der Waals surface area contributed by atoms with Gasteiger partial charge in [-0.3, -0.25) is 4.79 Å². The average Bonchev–Trinajstić information content (AvgIpc) is 2.83. The second-order valence-corrected chi connectivity index (χ2v) is 8.14. The molecule has 0 aliphatic carbocycles. The van der Waals surface area contributed by atoms with Crippen molar-refractivity contribution < 1.29 is 58.8 Å². The van der Waals surface area contributed by atoms with Gasteiger partial charge in [0, 0.05) is 25.1 Å². The Hall–Kier alpha value is -3.84. The first-order valence-electron chi connectivity index (χ1n) is 10.8. The number of hydrogen-bond acceptors (Lipinski definition) is 11. The van der Waals surface area contributed by atoms with Crippen molar-refractivity contribution in [3.63, 3.8) is 0 Å². The average molecular weight is 505 g/mol. The third kappa shape index (κ3) is 4.93. The first-order valence-corrected chi connectivity index (χ1v) is 10.8. The number of aliphatic hydroxyl groups excluding tert-OH is 3. The Morgan fingerprint density at radius 2 is 1.72 bits per heavy atom. The molecule has 12 nitrogen and oxygen atoms in total. The fourth-order valence-corrected chi connectivity index (χ4v) is 3.77. The van der Waals surface area contributed by atoms with Crippen LogP contribution in [0, 0.1) is 0 Å². The van der Waals surface area contributed by atoms with Crippen molar-refractivity contribution in [2.45, 2.75) is 37.6 Å². The lowest BCUT2D eigenvalue weighted by molar-refractivity contribution is -0.278. The number of carbonyl (C=O) groups excluding carboxylic acids is 1. The van der Waals surface area contributed by atoms with E-state index in [0.717, 1.165) is 13.0 Å². The fraction of sp³-hybridized carbons (Fsp3) is 0.333. The van der Waals surface area contributed by atoms with Gasteiger partial charge in [-0.1, -0.05) is 0 Å². The Labute approximate surface area is 204 Å². The summed E-state index contributed by atoms with van der Waals surface area (Å²) in [7, 11) is 1.35. The lowest BCUT2D eigenvalue weighted by atomic mass is 9.99. The molecule has 0 unspecified atom stereocenters. The van der Waals surface area contributed by atoms with E-state index in [1.807, 2.05) is 0 Å². The molecular weight excluding hydrogens is 480 g/mol. The number of carbonyl (C=O) groups is 1. The van der Waals surface area contributed by atoms with Crippen LogP contribution in [-0.2, 0) is 14.3 Å². The summed E-state index contributed by atoms with van der Waals surface area (Å²) in [6, 6.07) is 7.98. The van der Waals surface area contributed by atoms with E-state index < -0.39 is 43.3 Å². The first kappa shape index (κ1) is 25.3. The maximum Gasteiger partial charge on any atom is 0.402 e. The SMILES string of the molecule is COc1cc(-c2[o+]c3cc(O)cc(O)c3cc2O[C@@H]2O[C@H](COC(C)=O)[C@H](O)[C@@H](O)[C@H]2O)ccc1O. The number of methoxy groups -OCH3 is 1. The predicted octanol–water partition coefficient (Wildman–Crippen LogP) is 1.26. The van der Waals surface area contributed by atoms with Crippen molar-refractivity contribution in [1.82, 2.24) is 0 Å². The van der Waals surface area contributed by atoms with E-state index in [-0.39, 0.29) is 45.5 Å². The number of rotatable bonds is 6. The van der Waals surface area contributed by atoms with E-state index in [4.69, 9.17) is 23.4 Å². The van der Waals surface area contributed by atoms with Gasteiger partial charge in [-0.15, -0.1) is 0 Å². The molecule has 5 atom stereocenters. The van der Waals surface area contributed by atoms with Gasteiger partial charge in [0.1, 0.15) is 47.9 Å². The number of aliphatic hydroxyl groups is 3. The van der Waals surface area contributed by atoms with Gasteiger partial charge in [0.15, 0.2) is 11.5 Å². The summed E-state index contributed by atoms with van der Waals surface area (Å²) in [5.41, 5.74) is 0.418. The zero-order valence-corrected chi connectivity index (χ0v) is 19.2. The highest BCUT2D eigenvalue weighted by Gasteiger charge is 2.46. The van der Waals surface area contributed by atoms with E-state index in [2.05, 4.69) is 0 Å². The normalized spacial score (nSPS) is 23.9. The van der Waals surface area contributed by atoms with Crippen LogP contribution in [-0.4, -0.2) is 81.0 Å². The number of phenolic OH excluding ortho intramolecular Hbond substituents is 3. The summed E-state index contributed by atoms with van der Waals surface area (Å²) in [5.74, 6) is -1.31. The zero-order chi connectivity index (χ0) is 26.1. The molecular formula is C24H25O12+. The number of benzene rings is 2. The molecule has 1 aliphatic heterocycles. The molecule has 2 heterocycles. The zero-order valence-electron chi connectivity index (χ0n) is 19.2. The smallest absolute Gasteiger partial charge is 0.402 e. The van der Waals surface area contributed by atoms with Crippen molar-refractivity contribution in [2.24, 2.45) is 0 Å². The minimum atomic E-state index is -1.72. The number of hydrogen-bond donors (Lipinski definition) is 6. The quantitative estimate of drug-likeness (QED) is 0.208. The topological polar surface area (TPSA) is 187 Å². The molecule has 192 valence electrons. The molecule has 2 aromatic carbocycles. The van der Waals surface area contributed by atoms with Crippen molar-refractivity contribution in [2.75, 3.05) is 13.7 Å². The molecule has 4 rings (SSSR count). The predicted molar refractivity (Wildman–Crippen MR) is 122 cm³/mol. The van der Waals surface area contributed by atoms with Crippen molar-refractivity contribution in [3.05, 3.63) is 36.4 Å². The Kier molecular flexibility index (Phi) is 7.04. The summed E-state index contributed by atoms with van der Waals surface area (Å²) >= 11 is 0. The Morgan fingerprint density at radius 1 is 0.972 bits per heavy atom. The van der Waals surface area contributed by atoms with Crippen molar-refractivity contribution >= 4 is 16.9 Å². The van der Waals surface area contributed by atoms with Gasteiger partial charge >= 0.3 is 17.3 Å². The second-order valence-electron chi connectivity index (χ2n) is 8.14. The number of esters is 1. The fourth-order valence-electron chi connectivity index (χ4n) is 3.77. The Bertz CT molecular complexity index is 1280. The molecule has 36 heavy (non-hydrogen) atoms. The summed E-state index contributed by atoms with van der Waals surface area (Å²) < 4.78 is 27.4. The highest BCUT2D eigenvalue weighted by molar-refractivity contribution is 5.88. The van der Waals surface area contributed by atoms with Crippen molar-refractivity contribution in [3.8, 4) is 40.1 Å². The van der Waals surface area contributed by atoms with Crippen molar-refractivity contribution in [1.29, 1.82) is 0 Å². The molecule has 3 aromatic rings. The van der Waals surface area contributed by atoms with Gasteiger partial charge < -0.3 is 49.6 Å². The first-order chi connectivity index (χ1) is 17.1. The minimum Gasteiger partial charge on any atom is -0.507 e. The molecule has 6 N–H and O–H groups in total. The van der Waals surface area contributed by atoms with E-state index >= 15 is 0 Å². The monoisotopic (exact) mass is 505 g/mol. The van der Waals surface area contributed by atoms with Gasteiger partial charge in [0.25, 0.3) is 0 Å². The van der Waals surface area contributed by atoms with Crippen LogP contribution in [0.15, 0.2) is 40.8 Å². The van der Waals surface area contributed by atoms with Gasteiger partial charge in [0.2, 0.25) is 12.0 Å². The highest BCUT2D eigenvalue weighted by Crippen LogP contribution is 2.42. The minimum absolute atomic E-state index is 0.0266. The maximum absolute atomic E-state index is 11.2. The van der Waals surface area contributed by atoms with Crippen LogP contribution in [0.2, 0.25) is 0 Å². The van der Waals surface area contributed by atoms with E-state index in [9.17, 15) is 35.4 Å². The number of fused-ring (bicyclic) bond motifs is 1. The van der Waals surface area contributed by atoms with Crippen LogP contribution in [0.5, 0.6) is 28.7 Å². The lowest BCUT2D eigenvalue weighted by Crippen LogP contribution is -2.60. The van der Waals surface area contributed by atoms with Crippen LogP contribution < -0.4 is 9.47 Å². The molecule has 1 aliphatic rings. The van der Waals surface area contributed by atoms with Crippen LogP contribution >= 0.6 is 0 Å². The molecule has 12 heteroatoms. The maximum atomic E-state index is 11.2. The molecule has 1 saturated heterocycles. The molecule has 0 radical (unpaired) electrons. The lowest BCUT2D eigenvalue weighted by Gasteiger charge is -2.39. The summed E-state index contributed by atoms with van der Waals surface area (Å²) in [6.45, 7) is 0.748. The van der Waals surface area contributed by atoms with Gasteiger partial charge in [-0.05, 0) is 12.1 Å². The van der Waals surface area contributed by atoms with Gasteiger partial charge in [-0.2, -0.15) is 0 Å². The summed E-state index contributed by atoms with van der Waals surface area (Å²) in [6.07, 6.45) is -7.79. The highest BCUT2D eigenvalue weighted by atomic mass is 16.7. The Morgan fingerprint density at radius 3 is 2.42 bits per heavy atom.